The third-order valence-electron chi connectivity index (χ3n) is 4.73. The van der Waals surface area contributed by atoms with Gasteiger partial charge in [0.05, 0.1) is 5.69 Å². The van der Waals surface area contributed by atoms with Crippen molar-refractivity contribution in [3.8, 4) is 11.5 Å². The van der Waals surface area contributed by atoms with Gasteiger partial charge in [0.2, 0.25) is 0 Å². The van der Waals surface area contributed by atoms with Crippen molar-refractivity contribution in [1.29, 1.82) is 0 Å². The van der Waals surface area contributed by atoms with Gasteiger partial charge >= 0.3 is 0 Å². The Balaban J connectivity index is 1.38. The fourth-order valence-corrected chi connectivity index (χ4v) is 3.46. The Bertz CT molecular complexity index is 889. The maximum absolute atomic E-state index is 13.2. The average Bonchev–Trinajstić information content (AvgIpc) is 3.02. The lowest BCUT2D eigenvalue weighted by Crippen LogP contribution is -2.24. The summed E-state index contributed by atoms with van der Waals surface area (Å²) in [6, 6.07) is 14.4. The number of benzene rings is 2. The highest BCUT2D eigenvalue weighted by Crippen LogP contribution is 2.29. The van der Waals surface area contributed by atoms with Crippen molar-refractivity contribution in [3.63, 3.8) is 0 Å². The van der Waals surface area contributed by atoms with Crippen molar-refractivity contribution in [3.05, 3.63) is 77.4 Å². The van der Waals surface area contributed by atoms with Crippen LogP contribution in [0.25, 0.3) is 0 Å². The minimum Gasteiger partial charge on any atom is -0.457 e. The van der Waals surface area contributed by atoms with Crippen LogP contribution in [-0.4, -0.2) is 9.78 Å². The number of aryl methyl sites for hydroxylation is 2. The van der Waals surface area contributed by atoms with Gasteiger partial charge in [-0.1, -0.05) is 18.2 Å². The van der Waals surface area contributed by atoms with Crippen molar-refractivity contribution in [2.75, 3.05) is 0 Å². The summed E-state index contributed by atoms with van der Waals surface area (Å²) in [5.74, 6) is 0.902. The Morgan fingerprint density at radius 3 is 2.85 bits per heavy atom. The van der Waals surface area contributed by atoms with E-state index in [9.17, 15) is 4.39 Å². The lowest BCUT2D eigenvalue weighted by atomic mass is 9.93. The van der Waals surface area contributed by atoms with Gasteiger partial charge in [0.1, 0.15) is 17.3 Å². The molecule has 0 fully saturated rings. The van der Waals surface area contributed by atoms with Crippen LogP contribution in [0.2, 0.25) is 0 Å². The lowest BCUT2D eigenvalue weighted by Gasteiger charge is -2.22. The Morgan fingerprint density at radius 2 is 2.04 bits per heavy atom. The molecule has 0 radical (unpaired) electrons. The molecule has 1 aliphatic carbocycles. The fraction of sp³-hybridized carbons (Fsp3) is 0.286. The summed E-state index contributed by atoms with van der Waals surface area (Å²) < 4.78 is 20.8. The molecule has 0 spiro atoms. The van der Waals surface area contributed by atoms with Crippen LogP contribution in [0.3, 0.4) is 0 Å². The zero-order valence-corrected chi connectivity index (χ0v) is 14.8. The number of nitrogens with one attached hydrogen (secondary N) is 1. The first-order chi connectivity index (χ1) is 12.7. The molecular formula is C21H22FN3O. The first-order valence-electron chi connectivity index (χ1n) is 8.95. The molecule has 0 aliphatic heterocycles. The van der Waals surface area contributed by atoms with Crippen LogP contribution in [0.4, 0.5) is 4.39 Å². The summed E-state index contributed by atoms with van der Waals surface area (Å²) in [4.78, 5) is 0. The molecule has 0 amide bonds. The normalized spacial score (nSPS) is 16.3. The van der Waals surface area contributed by atoms with Gasteiger partial charge in [-0.15, -0.1) is 0 Å². The van der Waals surface area contributed by atoms with E-state index in [4.69, 9.17) is 4.74 Å². The van der Waals surface area contributed by atoms with Gasteiger partial charge in [0.15, 0.2) is 0 Å². The molecule has 0 saturated heterocycles. The maximum Gasteiger partial charge on any atom is 0.130 e. The summed E-state index contributed by atoms with van der Waals surface area (Å²) in [6.07, 6.45) is 5.50. The molecule has 1 aromatic heterocycles. The van der Waals surface area contributed by atoms with E-state index in [1.165, 1.54) is 35.4 Å². The van der Waals surface area contributed by atoms with Gasteiger partial charge in [-0.2, -0.15) is 5.10 Å². The third-order valence-corrected chi connectivity index (χ3v) is 4.73. The Morgan fingerprint density at radius 1 is 1.19 bits per heavy atom. The minimum atomic E-state index is -0.300. The Kier molecular flexibility index (Phi) is 4.71. The molecule has 1 atom stereocenters. The van der Waals surface area contributed by atoms with Gasteiger partial charge in [-0.25, -0.2) is 4.39 Å². The van der Waals surface area contributed by atoms with Crippen molar-refractivity contribution in [2.24, 2.45) is 7.05 Å². The van der Waals surface area contributed by atoms with Crippen LogP contribution in [-0.2, 0) is 20.0 Å². The highest BCUT2D eigenvalue weighted by atomic mass is 19.1. The largest absolute Gasteiger partial charge is 0.457 e. The second kappa shape index (κ2) is 7.30. The molecule has 134 valence electrons. The molecule has 4 nitrogen and oxygen atoms in total. The maximum atomic E-state index is 13.2. The molecule has 1 heterocycles. The number of fused-ring (bicyclic) bond motifs is 1. The number of halogens is 1. The molecule has 2 aromatic carbocycles. The van der Waals surface area contributed by atoms with Crippen molar-refractivity contribution < 1.29 is 9.13 Å². The van der Waals surface area contributed by atoms with Gasteiger partial charge in [-0.05, 0) is 49.1 Å². The monoisotopic (exact) mass is 351 g/mol. The summed E-state index contributed by atoms with van der Waals surface area (Å²) in [6.45, 7) is 0.791. The topological polar surface area (TPSA) is 39.1 Å². The molecular weight excluding hydrogens is 329 g/mol. The highest BCUT2D eigenvalue weighted by Gasteiger charge is 2.22. The van der Waals surface area contributed by atoms with E-state index in [-0.39, 0.29) is 5.82 Å². The van der Waals surface area contributed by atoms with Crippen LogP contribution in [0.1, 0.15) is 35.7 Å². The van der Waals surface area contributed by atoms with E-state index in [0.29, 0.717) is 17.5 Å². The Labute approximate surface area is 152 Å². The third kappa shape index (κ3) is 3.78. The second-order valence-corrected chi connectivity index (χ2v) is 6.73. The zero-order valence-electron chi connectivity index (χ0n) is 14.8. The van der Waals surface area contributed by atoms with Gasteiger partial charge in [0.25, 0.3) is 0 Å². The van der Waals surface area contributed by atoms with E-state index in [1.54, 1.807) is 12.1 Å². The molecule has 0 bridgehead atoms. The molecule has 26 heavy (non-hydrogen) atoms. The van der Waals surface area contributed by atoms with E-state index in [1.807, 2.05) is 36.0 Å². The van der Waals surface area contributed by atoms with E-state index in [0.717, 1.165) is 19.4 Å². The molecule has 1 unspecified atom stereocenters. The molecule has 3 aromatic rings. The van der Waals surface area contributed by atoms with Gasteiger partial charge in [-0.3, -0.25) is 4.68 Å². The summed E-state index contributed by atoms with van der Waals surface area (Å²) in [5.41, 5.74) is 3.73. The van der Waals surface area contributed by atoms with Crippen LogP contribution in [0, 0.1) is 5.82 Å². The number of rotatable bonds is 5. The van der Waals surface area contributed by atoms with Crippen LogP contribution < -0.4 is 10.1 Å². The number of hydrogen-bond acceptors (Lipinski definition) is 3. The zero-order chi connectivity index (χ0) is 17.9. The van der Waals surface area contributed by atoms with E-state index >= 15 is 0 Å². The lowest BCUT2D eigenvalue weighted by molar-refractivity contribution is 0.456. The van der Waals surface area contributed by atoms with Crippen molar-refractivity contribution in [1.82, 2.24) is 15.1 Å². The smallest absolute Gasteiger partial charge is 0.130 e. The average molecular weight is 351 g/mol. The first-order valence-corrected chi connectivity index (χ1v) is 8.95. The summed E-state index contributed by atoms with van der Waals surface area (Å²) >= 11 is 0. The van der Waals surface area contributed by atoms with Crippen LogP contribution in [0.15, 0.2) is 54.7 Å². The summed E-state index contributed by atoms with van der Waals surface area (Å²) in [5, 5.41) is 8.19. The van der Waals surface area contributed by atoms with Gasteiger partial charge in [0, 0.05) is 37.5 Å². The molecule has 4 rings (SSSR count). The van der Waals surface area contributed by atoms with Crippen LogP contribution >= 0.6 is 0 Å². The van der Waals surface area contributed by atoms with Crippen molar-refractivity contribution in [2.45, 2.75) is 31.8 Å². The van der Waals surface area contributed by atoms with Crippen LogP contribution in [0.5, 0.6) is 11.5 Å². The molecule has 0 saturated carbocycles. The van der Waals surface area contributed by atoms with E-state index < -0.39 is 0 Å². The number of ether oxygens (including phenoxy) is 1. The van der Waals surface area contributed by atoms with Gasteiger partial charge < -0.3 is 10.1 Å². The number of nitrogens with zero attached hydrogens (tertiary/aromatic N) is 2. The van der Waals surface area contributed by atoms with E-state index in [2.05, 4.69) is 16.6 Å². The predicted octanol–water partition coefficient (Wildman–Crippen LogP) is 4.52. The molecule has 5 heteroatoms. The standard InChI is InChI=1S/C21H22FN3O/c1-25-14-19-20(6-3-7-21(19)24-25)23-13-15-8-10-17(11-9-15)26-18-5-2-4-16(22)12-18/h2,4-5,8-12,14,20,23H,3,6-7,13H2,1H3. The minimum absolute atomic E-state index is 0.300. The predicted molar refractivity (Wildman–Crippen MR) is 98.6 cm³/mol. The number of aromatic nitrogens is 2. The summed E-state index contributed by atoms with van der Waals surface area (Å²) in [7, 11) is 1.98. The highest BCUT2D eigenvalue weighted by molar-refractivity contribution is 5.33. The Hall–Kier alpha value is -2.66. The molecule has 1 aliphatic rings. The SMILES string of the molecule is Cn1cc2c(n1)CCCC2NCc1ccc(Oc2cccc(F)c2)cc1. The molecule has 1 N–H and O–H groups in total. The first kappa shape index (κ1) is 16.8. The fourth-order valence-electron chi connectivity index (χ4n) is 3.46. The second-order valence-electron chi connectivity index (χ2n) is 6.73. The number of hydrogen-bond donors (Lipinski definition) is 1. The van der Waals surface area contributed by atoms with Crippen molar-refractivity contribution >= 4 is 0 Å². The quantitative estimate of drug-likeness (QED) is 0.735.